The third-order valence-corrected chi connectivity index (χ3v) is 8.63. The van der Waals surface area contributed by atoms with Gasteiger partial charge in [-0.1, -0.05) is 36.4 Å². The van der Waals surface area contributed by atoms with Crippen LogP contribution in [0.3, 0.4) is 0 Å². The molecule has 4 N–H and O–H groups in total. The van der Waals surface area contributed by atoms with Gasteiger partial charge in [-0.05, 0) is 82.2 Å². The number of fused-ring (bicyclic) bond motifs is 3. The van der Waals surface area contributed by atoms with Gasteiger partial charge in [-0.25, -0.2) is 4.79 Å². The van der Waals surface area contributed by atoms with Crippen LogP contribution in [0.15, 0.2) is 97.1 Å². The molecule has 268 valence electrons. The summed E-state index contributed by atoms with van der Waals surface area (Å²) in [6.45, 7) is 0.408. The minimum Gasteiger partial charge on any atom is -0.508 e. The van der Waals surface area contributed by atoms with E-state index in [2.05, 4.69) is 10.6 Å². The van der Waals surface area contributed by atoms with Crippen LogP contribution in [0, 0.1) is 0 Å². The van der Waals surface area contributed by atoms with Crippen molar-refractivity contribution in [3.05, 3.63) is 108 Å². The van der Waals surface area contributed by atoms with Crippen molar-refractivity contribution in [1.82, 2.24) is 10.6 Å². The van der Waals surface area contributed by atoms with Crippen LogP contribution in [0.2, 0.25) is 0 Å². The number of rotatable bonds is 10. The maximum absolute atomic E-state index is 14.0. The zero-order valence-corrected chi connectivity index (χ0v) is 28.1. The third kappa shape index (κ3) is 7.96. The van der Waals surface area contributed by atoms with E-state index in [0.29, 0.717) is 22.0 Å². The highest BCUT2D eigenvalue weighted by molar-refractivity contribution is 6.11. The van der Waals surface area contributed by atoms with Crippen LogP contribution in [0.4, 0.5) is 11.4 Å². The first kappa shape index (κ1) is 35.7. The van der Waals surface area contributed by atoms with E-state index in [1.807, 2.05) is 0 Å². The fourth-order valence-electron chi connectivity index (χ4n) is 6.07. The number of anilines is 2. The van der Waals surface area contributed by atoms with Gasteiger partial charge in [0.1, 0.15) is 30.4 Å². The molecule has 0 radical (unpaired) electrons. The Kier molecular flexibility index (Phi) is 10.1. The summed E-state index contributed by atoms with van der Waals surface area (Å²) in [5.41, 5.74) is 1.000. The Morgan fingerprint density at radius 3 is 2.17 bits per heavy atom. The van der Waals surface area contributed by atoms with Crippen molar-refractivity contribution >= 4 is 74.8 Å². The number of carbonyl (C=O) groups excluding carboxylic acids is 6. The highest BCUT2D eigenvalue weighted by atomic mass is 16.5. The van der Waals surface area contributed by atoms with Crippen LogP contribution in [-0.2, 0) is 24.0 Å². The van der Waals surface area contributed by atoms with E-state index in [-0.39, 0.29) is 35.6 Å². The van der Waals surface area contributed by atoms with Crippen LogP contribution in [0.25, 0.3) is 21.5 Å². The molecule has 0 bridgehead atoms. The average Bonchev–Trinajstić information content (AvgIpc) is 3.24. The van der Waals surface area contributed by atoms with Gasteiger partial charge in [0, 0.05) is 12.5 Å². The van der Waals surface area contributed by atoms with E-state index in [1.54, 1.807) is 78.9 Å². The maximum Gasteiger partial charge on any atom is 0.343 e. The first-order valence-electron chi connectivity index (χ1n) is 16.3. The first-order valence-corrected chi connectivity index (χ1v) is 16.3. The average molecular weight is 717 g/mol. The van der Waals surface area contributed by atoms with Crippen molar-refractivity contribution in [3.63, 3.8) is 0 Å². The van der Waals surface area contributed by atoms with Crippen LogP contribution in [-0.4, -0.2) is 77.2 Å². The van der Waals surface area contributed by atoms with Gasteiger partial charge in [0.25, 0.3) is 11.8 Å². The molecule has 0 spiro atoms. The summed E-state index contributed by atoms with van der Waals surface area (Å²) in [4.78, 5) is 91.2. The number of benzene rings is 5. The number of para-hydroxylation sites is 2. The zero-order valence-electron chi connectivity index (χ0n) is 28.1. The van der Waals surface area contributed by atoms with Gasteiger partial charge in [-0.3, -0.25) is 28.9 Å². The van der Waals surface area contributed by atoms with Crippen molar-refractivity contribution in [2.45, 2.75) is 25.4 Å². The quantitative estimate of drug-likeness (QED) is 0.0941. The number of ether oxygens (including phenoxy) is 1. The monoisotopic (exact) mass is 716 g/mol. The van der Waals surface area contributed by atoms with E-state index in [9.17, 15) is 38.7 Å². The Hall–Kier alpha value is -7.09. The molecular weight excluding hydrogens is 684 g/mol. The van der Waals surface area contributed by atoms with Crippen molar-refractivity contribution < 1.29 is 48.5 Å². The van der Waals surface area contributed by atoms with Crippen molar-refractivity contribution in [2.24, 2.45) is 0 Å². The van der Waals surface area contributed by atoms with Crippen LogP contribution < -0.4 is 25.2 Å². The summed E-state index contributed by atoms with van der Waals surface area (Å²) in [5.74, 6) is -4.13. The number of carboxylic acid groups (broad SMARTS) is 1. The van der Waals surface area contributed by atoms with Crippen molar-refractivity contribution in [3.8, 4) is 11.5 Å². The number of nitrogens with one attached hydrogen (secondary N) is 2. The molecule has 0 saturated carbocycles. The summed E-state index contributed by atoms with van der Waals surface area (Å²) in [6, 6.07) is 23.1. The number of nitrogens with zero attached hydrogens (tertiary/aromatic N) is 2. The van der Waals surface area contributed by atoms with Gasteiger partial charge in [0.05, 0.1) is 35.9 Å². The highest BCUT2D eigenvalue weighted by Crippen LogP contribution is 2.33. The highest BCUT2D eigenvalue weighted by Gasteiger charge is 2.37. The molecule has 0 aliphatic carbocycles. The number of aliphatic carboxylic acids is 1. The molecule has 1 aliphatic rings. The number of phenolic OH excluding ortho intramolecular Hbond substituents is 1. The van der Waals surface area contributed by atoms with Crippen molar-refractivity contribution in [1.29, 1.82) is 0 Å². The van der Waals surface area contributed by atoms with Gasteiger partial charge >= 0.3 is 11.9 Å². The summed E-state index contributed by atoms with van der Waals surface area (Å²) >= 11 is 0. The number of hydrogen-bond donors (Lipinski definition) is 4. The number of carbonyl (C=O) groups is 7. The van der Waals surface area contributed by atoms with Crippen LogP contribution >= 0.6 is 0 Å². The Bertz CT molecular complexity index is 2320. The molecule has 5 aromatic rings. The molecule has 6 rings (SSSR count). The Morgan fingerprint density at radius 1 is 0.849 bits per heavy atom. The van der Waals surface area contributed by atoms with Gasteiger partial charge < -0.3 is 35.3 Å². The molecule has 2 atom stereocenters. The normalized spacial score (nSPS) is 14.5. The number of esters is 1. The van der Waals surface area contributed by atoms with Gasteiger partial charge in [0.2, 0.25) is 11.8 Å². The molecule has 0 saturated heterocycles. The number of aldehydes is 1. The summed E-state index contributed by atoms with van der Waals surface area (Å²) < 4.78 is 5.61. The molecule has 4 amide bonds. The topological polar surface area (TPSA) is 200 Å². The largest absolute Gasteiger partial charge is 0.508 e. The smallest absolute Gasteiger partial charge is 0.343 e. The SMILES string of the molecule is CC(=O)N1C[C@H](NC(=O)c2ccc3cc(OC(=O)c4ccc5cc(O)ccc5c4)ccc3c2)C(=O)N(CC(=O)N[C@H](C=O)CC(=O)O)c2ccccc21. The second-order valence-corrected chi connectivity index (χ2v) is 12.3. The van der Waals surface area contributed by atoms with Gasteiger partial charge in [0.15, 0.2) is 0 Å². The summed E-state index contributed by atoms with van der Waals surface area (Å²) in [6.07, 6.45) is -0.380. The molecule has 0 unspecified atom stereocenters. The lowest BCUT2D eigenvalue weighted by Crippen LogP contribution is -2.54. The second kappa shape index (κ2) is 15.0. The van der Waals surface area contributed by atoms with E-state index in [4.69, 9.17) is 9.84 Å². The fourth-order valence-corrected chi connectivity index (χ4v) is 6.07. The lowest BCUT2D eigenvalue weighted by Gasteiger charge is -2.25. The minimum absolute atomic E-state index is 0.115. The van der Waals surface area contributed by atoms with E-state index < -0.39 is 60.6 Å². The number of carboxylic acids is 1. The van der Waals surface area contributed by atoms with Crippen LogP contribution in [0.5, 0.6) is 11.5 Å². The maximum atomic E-state index is 14.0. The predicted molar refractivity (Wildman–Crippen MR) is 193 cm³/mol. The number of phenols is 1. The van der Waals surface area contributed by atoms with E-state index >= 15 is 0 Å². The first-order chi connectivity index (χ1) is 25.4. The number of amides is 4. The van der Waals surface area contributed by atoms with Gasteiger partial charge in [-0.2, -0.15) is 0 Å². The molecule has 53 heavy (non-hydrogen) atoms. The second-order valence-electron chi connectivity index (χ2n) is 12.3. The fraction of sp³-hybridized carbons (Fsp3) is 0.154. The molecule has 1 aliphatic heterocycles. The molecule has 1 heterocycles. The van der Waals surface area contributed by atoms with E-state index in [1.165, 1.54) is 30.0 Å². The molecule has 5 aromatic carbocycles. The Labute approximate surface area is 301 Å². The third-order valence-electron chi connectivity index (χ3n) is 8.63. The zero-order chi connectivity index (χ0) is 37.8. The lowest BCUT2D eigenvalue weighted by atomic mass is 10.1. The summed E-state index contributed by atoms with van der Waals surface area (Å²) in [5, 5.41) is 26.5. The van der Waals surface area contributed by atoms with E-state index in [0.717, 1.165) is 15.7 Å². The summed E-state index contributed by atoms with van der Waals surface area (Å²) in [7, 11) is 0. The molecule has 14 nitrogen and oxygen atoms in total. The minimum atomic E-state index is -1.33. The molecule has 0 fully saturated rings. The van der Waals surface area contributed by atoms with Gasteiger partial charge in [-0.15, -0.1) is 0 Å². The molecular formula is C39H32N4O10. The van der Waals surface area contributed by atoms with Crippen LogP contribution in [0.1, 0.15) is 34.1 Å². The number of aromatic hydroxyl groups is 1. The predicted octanol–water partition coefficient (Wildman–Crippen LogP) is 3.57. The molecule has 14 heteroatoms. The standard InChI is InChI=1S/C39H32N4O10/c1-22(45)42-19-32(38(51)43(34-5-3-2-4-33(34)42)20-35(47)40-29(21-44)18-36(48)49)41-37(50)27-8-6-26-17-31(13-11-24(26)14-27)53-39(52)28-9-7-25-16-30(46)12-10-23(25)15-28/h2-17,21,29,32,46H,18-20H2,1H3,(H,40,47)(H,41,50)(H,48,49)/t29-,32-/m0/s1. The van der Waals surface area contributed by atoms with Crippen molar-refractivity contribution in [2.75, 3.05) is 22.9 Å². The molecule has 0 aromatic heterocycles. The Balaban J connectivity index is 1.20. The Morgan fingerprint density at radius 2 is 1.47 bits per heavy atom. The lowest BCUT2D eigenvalue weighted by molar-refractivity contribution is -0.139. The number of hydrogen-bond acceptors (Lipinski definition) is 9.